The Morgan fingerprint density at radius 3 is 0.919 bits per heavy atom. The van der Waals surface area contributed by atoms with Crippen molar-refractivity contribution < 1.29 is 22.9 Å². The summed E-state index contributed by atoms with van der Waals surface area (Å²) in [6, 6.07) is 10.5. The monoisotopic (exact) mass is 604 g/mol. The molecule has 0 aliphatic carbocycles. The number of carbonyl (C=O) groups is 3. The quantitative estimate of drug-likeness (QED) is 0.328. The fourth-order valence-corrected chi connectivity index (χ4v) is 7.05. The van der Waals surface area contributed by atoms with Crippen LogP contribution in [-0.4, -0.2) is 40.7 Å². The number of hydrogen-bond donors (Lipinski definition) is 0. The van der Waals surface area contributed by atoms with E-state index in [0.29, 0.717) is 16.7 Å². The molecule has 192 valence electrons. The van der Waals surface area contributed by atoms with Crippen LogP contribution in [0, 0.1) is 62.3 Å². The molecule has 0 aliphatic heterocycles. The zero-order chi connectivity index (χ0) is 27.6. The van der Waals surface area contributed by atoms with E-state index in [1.807, 2.05) is 80.5 Å². The van der Waals surface area contributed by atoms with Crippen LogP contribution in [0.25, 0.3) is 0 Å². The molecule has 3 aromatic rings. The Balaban J connectivity index is 1.94. The van der Waals surface area contributed by atoms with Crippen molar-refractivity contribution >= 4 is 40.7 Å². The normalized spacial score (nSPS) is 10.6. The van der Waals surface area contributed by atoms with E-state index in [9.17, 15) is 14.4 Å². The van der Waals surface area contributed by atoms with Gasteiger partial charge in [-0.3, -0.25) is 0 Å². The standard InChI is InChI=1S/3C10H12O2.In/c3*1-6-4-5-9(10(11)12)8(3)7(6)2;/h3*4-5H,1-3H3,(H,11,12);/q;;;+3/p-3. The molecule has 0 heterocycles. The molecule has 0 fully saturated rings. The first-order valence-corrected chi connectivity index (χ1v) is 16.2. The van der Waals surface area contributed by atoms with Crippen molar-refractivity contribution in [3.05, 3.63) is 103 Å². The van der Waals surface area contributed by atoms with Gasteiger partial charge in [0.2, 0.25) is 0 Å². The third kappa shape index (κ3) is 6.09. The molecule has 37 heavy (non-hydrogen) atoms. The van der Waals surface area contributed by atoms with Gasteiger partial charge in [-0.25, -0.2) is 0 Å². The molecule has 0 radical (unpaired) electrons. The first-order valence-electron chi connectivity index (χ1n) is 12.2. The molecule has 0 spiro atoms. The van der Waals surface area contributed by atoms with Crippen molar-refractivity contribution in [1.82, 2.24) is 0 Å². The van der Waals surface area contributed by atoms with E-state index in [2.05, 4.69) is 0 Å². The van der Waals surface area contributed by atoms with Crippen molar-refractivity contribution in [1.29, 1.82) is 0 Å². The zero-order valence-electron chi connectivity index (χ0n) is 23.0. The first-order chi connectivity index (χ1) is 17.3. The zero-order valence-corrected chi connectivity index (χ0v) is 26.3. The average molecular weight is 604 g/mol. The second-order valence-electron chi connectivity index (χ2n) is 9.54. The summed E-state index contributed by atoms with van der Waals surface area (Å²) in [5.74, 6) is -2.01. The van der Waals surface area contributed by atoms with E-state index in [0.717, 1.165) is 50.1 Å². The van der Waals surface area contributed by atoms with Crippen molar-refractivity contribution in [3.63, 3.8) is 0 Å². The van der Waals surface area contributed by atoms with Gasteiger partial charge in [0.15, 0.2) is 0 Å². The van der Waals surface area contributed by atoms with E-state index in [1.54, 1.807) is 18.2 Å². The maximum atomic E-state index is 13.2. The van der Waals surface area contributed by atoms with E-state index in [1.165, 1.54) is 0 Å². The summed E-state index contributed by atoms with van der Waals surface area (Å²) in [6.07, 6.45) is 0. The molecule has 6 nitrogen and oxygen atoms in total. The van der Waals surface area contributed by atoms with Gasteiger partial charge in [-0.2, -0.15) is 0 Å². The SMILES string of the molecule is Cc1ccc(C(=O)[O][In]([O]C(=O)c2ccc(C)c(C)c2C)[O]C(=O)c2ccc(C)c(C)c2C)c(C)c1C. The van der Waals surface area contributed by atoms with Gasteiger partial charge < -0.3 is 0 Å². The Morgan fingerprint density at radius 1 is 0.432 bits per heavy atom. The molecular weight excluding hydrogens is 571 g/mol. The predicted molar refractivity (Wildman–Crippen MR) is 144 cm³/mol. The van der Waals surface area contributed by atoms with Gasteiger partial charge in [-0.1, -0.05) is 0 Å². The Kier molecular flexibility index (Phi) is 8.90. The van der Waals surface area contributed by atoms with E-state index >= 15 is 0 Å². The molecule has 3 aromatic carbocycles. The summed E-state index contributed by atoms with van der Waals surface area (Å²) in [5, 5.41) is 0. The third-order valence-electron chi connectivity index (χ3n) is 7.44. The van der Waals surface area contributed by atoms with Crippen LogP contribution in [0.3, 0.4) is 0 Å². The van der Waals surface area contributed by atoms with Gasteiger partial charge in [-0.15, -0.1) is 0 Å². The van der Waals surface area contributed by atoms with Gasteiger partial charge in [0.1, 0.15) is 0 Å². The molecular formula is C30H33InO6. The first kappa shape index (κ1) is 28.5. The van der Waals surface area contributed by atoms with Gasteiger partial charge in [0, 0.05) is 0 Å². The summed E-state index contributed by atoms with van der Waals surface area (Å²) in [5.41, 5.74) is 9.37. The minimum absolute atomic E-state index is 0.349. The number of benzene rings is 3. The summed E-state index contributed by atoms with van der Waals surface area (Å²) in [4.78, 5) is 39.5. The molecule has 0 atom stereocenters. The Bertz CT molecular complexity index is 1240. The predicted octanol–water partition coefficient (Wildman–Crippen LogP) is 6.32. The van der Waals surface area contributed by atoms with Crippen LogP contribution in [0.15, 0.2) is 36.4 Å². The van der Waals surface area contributed by atoms with Crippen molar-refractivity contribution in [2.24, 2.45) is 0 Å². The van der Waals surface area contributed by atoms with Crippen molar-refractivity contribution in [3.8, 4) is 0 Å². The van der Waals surface area contributed by atoms with E-state index < -0.39 is 40.7 Å². The van der Waals surface area contributed by atoms with Crippen LogP contribution in [0.2, 0.25) is 0 Å². The maximum absolute atomic E-state index is 13.2. The van der Waals surface area contributed by atoms with Crippen LogP contribution >= 0.6 is 0 Å². The van der Waals surface area contributed by atoms with Crippen LogP contribution in [0.4, 0.5) is 0 Å². The fourth-order valence-electron chi connectivity index (χ4n) is 4.06. The number of hydrogen-bond acceptors (Lipinski definition) is 6. The fraction of sp³-hybridized carbons (Fsp3) is 0.300. The van der Waals surface area contributed by atoms with Gasteiger partial charge in [-0.05, 0) is 0 Å². The summed E-state index contributed by atoms with van der Waals surface area (Å²) < 4.78 is 17.0. The second-order valence-corrected chi connectivity index (χ2v) is 13.2. The molecule has 0 amide bonds. The molecule has 0 aromatic heterocycles. The van der Waals surface area contributed by atoms with E-state index in [-0.39, 0.29) is 0 Å². The second kappa shape index (κ2) is 11.5. The van der Waals surface area contributed by atoms with Crippen LogP contribution in [-0.2, 0) is 8.56 Å². The van der Waals surface area contributed by atoms with Crippen LogP contribution in [0.1, 0.15) is 81.1 Å². The van der Waals surface area contributed by atoms with Crippen LogP contribution in [0.5, 0.6) is 0 Å². The van der Waals surface area contributed by atoms with Crippen molar-refractivity contribution in [2.75, 3.05) is 0 Å². The summed E-state index contributed by atoms with van der Waals surface area (Å²) >= 11 is -4.50. The van der Waals surface area contributed by atoms with Crippen molar-refractivity contribution in [2.45, 2.75) is 62.3 Å². The van der Waals surface area contributed by atoms with E-state index in [4.69, 9.17) is 8.56 Å². The average Bonchev–Trinajstić information content (AvgIpc) is 2.84. The summed E-state index contributed by atoms with van der Waals surface area (Å²) in [7, 11) is 0. The Labute approximate surface area is 228 Å². The molecule has 0 saturated heterocycles. The molecule has 0 bridgehead atoms. The molecule has 7 heteroatoms. The molecule has 0 unspecified atom stereocenters. The van der Waals surface area contributed by atoms with Gasteiger partial charge in [0.05, 0.1) is 0 Å². The summed E-state index contributed by atoms with van der Waals surface area (Å²) in [6.45, 7) is 17.1. The van der Waals surface area contributed by atoms with Gasteiger partial charge >= 0.3 is 229 Å². The minimum atomic E-state index is -4.50. The number of carbonyl (C=O) groups excluding carboxylic acids is 3. The molecule has 0 N–H and O–H groups in total. The topological polar surface area (TPSA) is 78.9 Å². The number of rotatable bonds is 6. The Morgan fingerprint density at radius 2 is 0.676 bits per heavy atom. The third-order valence-corrected chi connectivity index (χ3v) is 10.9. The molecule has 3 rings (SSSR count). The van der Waals surface area contributed by atoms with Crippen LogP contribution < -0.4 is 0 Å². The Hall–Kier alpha value is -3.06. The molecule has 0 saturated carbocycles. The van der Waals surface area contributed by atoms with Gasteiger partial charge in [0.25, 0.3) is 0 Å². The number of aryl methyl sites for hydroxylation is 3. The molecule has 0 aliphatic rings.